The summed E-state index contributed by atoms with van der Waals surface area (Å²) in [6.45, 7) is 4.87. The fourth-order valence-electron chi connectivity index (χ4n) is 2.02. The first-order chi connectivity index (χ1) is 10.6. The summed E-state index contributed by atoms with van der Waals surface area (Å²) in [4.78, 5) is 19.3. The van der Waals surface area contributed by atoms with Crippen molar-refractivity contribution in [3.8, 4) is 5.88 Å². The number of hydrogen-bond acceptors (Lipinski definition) is 4. The van der Waals surface area contributed by atoms with Gasteiger partial charge in [0.25, 0.3) is 0 Å². The second-order valence-electron chi connectivity index (χ2n) is 4.86. The smallest absolute Gasteiger partial charge is 0.317 e. The second kappa shape index (κ2) is 7.79. The van der Waals surface area contributed by atoms with Gasteiger partial charge < -0.3 is 15.0 Å². The van der Waals surface area contributed by atoms with Crippen LogP contribution in [0.4, 0.5) is 4.79 Å². The van der Waals surface area contributed by atoms with E-state index in [2.05, 4.69) is 10.3 Å². The molecule has 6 heteroatoms. The van der Waals surface area contributed by atoms with Crippen molar-refractivity contribution in [2.45, 2.75) is 26.4 Å². The zero-order chi connectivity index (χ0) is 15.9. The molecule has 0 saturated heterocycles. The molecule has 0 spiro atoms. The van der Waals surface area contributed by atoms with Gasteiger partial charge in [-0.3, -0.25) is 0 Å². The molecule has 0 fully saturated rings. The summed E-state index contributed by atoms with van der Waals surface area (Å²) in [5.74, 6) is 0.569. The highest BCUT2D eigenvalue weighted by atomic mass is 32.1. The van der Waals surface area contributed by atoms with E-state index in [9.17, 15) is 4.79 Å². The number of urea groups is 1. The van der Waals surface area contributed by atoms with E-state index in [0.29, 0.717) is 19.0 Å². The number of carbonyl (C=O) groups excluding carboxylic acids is 1. The normalized spacial score (nSPS) is 11.8. The Kier molecular flexibility index (Phi) is 5.77. The van der Waals surface area contributed by atoms with Crippen molar-refractivity contribution >= 4 is 17.4 Å². The average molecular weight is 319 g/mol. The summed E-state index contributed by atoms with van der Waals surface area (Å²) in [5, 5.41) is 4.93. The molecule has 0 radical (unpaired) electrons. The fourth-order valence-corrected chi connectivity index (χ4v) is 2.84. The molecule has 2 aromatic heterocycles. The molecule has 2 heterocycles. The van der Waals surface area contributed by atoms with Crippen LogP contribution < -0.4 is 10.1 Å². The van der Waals surface area contributed by atoms with Crippen LogP contribution in [0, 0.1) is 0 Å². The lowest BCUT2D eigenvalue weighted by atomic mass is 10.2. The SMILES string of the molecule is CCOc1ncccc1CNC(=O)N(C)[C@H](C)c1cccs1. The first kappa shape index (κ1) is 16.3. The number of nitrogens with one attached hydrogen (secondary N) is 1. The van der Waals surface area contributed by atoms with Gasteiger partial charge in [0.15, 0.2) is 0 Å². The third kappa shape index (κ3) is 3.98. The van der Waals surface area contributed by atoms with E-state index in [-0.39, 0.29) is 12.1 Å². The monoisotopic (exact) mass is 319 g/mol. The Morgan fingerprint density at radius 3 is 2.95 bits per heavy atom. The molecule has 1 N–H and O–H groups in total. The Morgan fingerprint density at radius 1 is 1.45 bits per heavy atom. The predicted octanol–water partition coefficient (Wildman–Crippen LogP) is 3.44. The van der Waals surface area contributed by atoms with E-state index < -0.39 is 0 Å². The lowest BCUT2D eigenvalue weighted by Crippen LogP contribution is -2.38. The van der Waals surface area contributed by atoms with E-state index in [1.165, 1.54) is 0 Å². The molecule has 0 bridgehead atoms. The minimum Gasteiger partial charge on any atom is -0.478 e. The molecular weight excluding hydrogens is 298 g/mol. The van der Waals surface area contributed by atoms with Gasteiger partial charge in [-0.15, -0.1) is 11.3 Å². The van der Waals surface area contributed by atoms with Gasteiger partial charge in [-0.2, -0.15) is 0 Å². The van der Waals surface area contributed by atoms with Crippen molar-refractivity contribution in [1.82, 2.24) is 15.2 Å². The number of hydrogen-bond donors (Lipinski definition) is 1. The molecule has 0 aromatic carbocycles. The number of amides is 2. The van der Waals surface area contributed by atoms with Crippen LogP contribution in [0.5, 0.6) is 5.88 Å². The molecule has 0 aliphatic carbocycles. The Balaban J connectivity index is 1.95. The maximum atomic E-state index is 12.3. The van der Waals surface area contributed by atoms with Crippen molar-refractivity contribution in [3.05, 3.63) is 46.3 Å². The highest BCUT2D eigenvalue weighted by Crippen LogP contribution is 2.23. The highest BCUT2D eigenvalue weighted by Gasteiger charge is 2.18. The van der Waals surface area contributed by atoms with Gasteiger partial charge in [0.2, 0.25) is 5.88 Å². The van der Waals surface area contributed by atoms with Crippen LogP contribution in [0.2, 0.25) is 0 Å². The fraction of sp³-hybridized carbons (Fsp3) is 0.375. The minimum absolute atomic E-state index is 0.0419. The van der Waals surface area contributed by atoms with Crippen LogP contribution in [-0.2, 0) is 6.54 Å². The highest BCUT2D eigenvalue weighted by molar-refractivity contribution is 7.10. The summed E-state index contributed by atoms with van der Waals surface area (Å²) in [7, 11) is 1.80. The van der Waals surface area contributed by atoms with Gasteiger partial charge in [-0.05, 0) is 31.4 Å². The van der Waals surface area contributed by atoms with Crippen LogP contribution in [-0.4, -0.2) is 29.6 Å². The number of nitrogens with zero attached hydrogens (tertiary/aromatic N) is 2. The Bertz CT molecular complexity index is 601. The zero-order valence-electron chi connectivity index (χ0n) is 13.1. The predicted molar refractivity (Wildman–Crippen MR) is 88.1 cm³/mol. The van der Waals surface area contributed by atoms with Gasteiger partial charge in [-0.1, -0.05) is 12.1 Å². The quantitative estimate of drug-likeness (QED) is 0.887. The lowest BCUT2D eigenvalue weighted by Gasteiger charge is -2.24. The molecule has 0 unspecified atom stereocenters. The van der Waals surface area contributed by atoms with Gasteiger partial charge in [0.05, 0.1) is 12.6 Å². The first-order valence-corrected chi connectivity index (χ1v) is 8.12. The molecule has 2 aromatic rings. The molecule has 2 amide bonds. The van der Waals surface area contributed by atoms with Crippen LogP contribution in [0.15, 0.2) is 35.8 Å². The topological polar surface area (TPSA) is 54.5 Å². The standard InChI is InChI=1S/C16H21N3O2S/c1-4-21-15-13(7-5-9-17-15)11-18-16(20)19(3)12(2)14-8-6-10-22-14/h5-10,12H,4,11H2,1-3H3,(H,18,20)/t12-/m1/s1. The molecule has 5 nitrogen and oxygen atoms in total. The molecule has 0 aliphatic heterocycles. The van der Waals surface area contributed by atoms with Crippen molar-refractivity contribution in [1.29, 1.82) is 0 Å². The molecule has 2 rings (SSSR count). The maximum absolute atomic E-state index is 12.3. The van der Waals surface area contributed by atoms with E-state index in [4.69, 9.17) is 4.74 Å². The van der Waals surface area contributed by atoms with Crippen LogP contribution in [0.1, 0.15) is 30.3 Å². The summed E-state index contributed by atoms with van der Waals surface area (Å²) in [5.41, 5.74) is 0.870. The van der Waals surface area contributed by atoms with Crippen molar-refractivity contribution in [3.63, 3.8) is 0 Å². The van der Waals surface area contributed by atoms with E-state index >= 15 is 0 Å². The van der Waals surface area contributed by atoms with Gasteiger partial charge >= 0.3 is 6.03 Å². The van der Waals surface area contributed by atoms with Crippen LogP contribution in [0.3, 0.4) is 0 Å². The molecule has 0 saturated carbocycles. The summed E-state index contributed by atoms with van der Waals surface area (Å²) in [6.07, 6.45) is 1.68. The number of thiophene rings is 1. The summed E-state index contributed by atoms with van der Waals surface area (Å²) < 4.78 is 5.46. The number of pyridine rings is 1. The third-order valence-corrected chi connectivity index (χ3v) is 4.46. The van der Waals surface area contributed by atoms with Gasteiger partial charge in [0, 0.05) is 30.2 Å². The Morgan fingerprint density at radius 2 is 2.27 bits per heavy atom. The number of ether oxygens (including phenoxy) is 1. The van der Waals surface area contributed by atoms with Crippen LogP contribution in [0.25, 0.3) is 0 Å². The van der Waals surface area contributed by atoms with Crippen molar-refractivity contribution in [2.75, 3.05) is 13.7 Å². The Hall–Kier alpha value is -2.08. The zero-order valence-corrected chi connectivity index (χ0v) is 13.9. The minimum atomic E-state index is -0.118. The molecular formula is C16H21N3O2S. The number of aromatic nitrogens is 1. The third-order valence-electron chi connectivity index (χ3n) is 3.42. The molecule has 22 heavy (non-hydrogen) atoms. The average Bonchev–Trinajstić information content (AvgIpc) is 3.07. The van der Waals surface area contributed by atoms with Crippen LogP contribution >= 0.6 is 11.3 Å². The van der Waals surface area contributed by atoms with Crippen molar-refractivity contribution < 1.29 is 9.53 Å². The summed E-state index contributed by atoms with van der Waals surface area (Å²) in [6, 6.07) is 7.69. The maximum Gasteiger partial charge on any atom is 0.317 e. The van der Waals surface area contributed by atoms with E-state index in [1.807, 2.05) is 43.5 Å². The Labute approximate surface area is 134 Å². The summed E-state index contributed by atoms with van der Waals surface area (Å²) >= 11 is 1.65. The number of rotatable bonds is 6. The van der Waals surface area contributed by atoms with E-state index in [0.717, 1.165) is 10.4 Å². The lowest BCUT2D eigenvalue weighted by molar-refractivity contribution is 0.194. The van der Waals surface area contributed by atoms with Gasteiger partial charge in [-0.25, -0.2) is 9.78 Å². The largest absolute Gasteiger partial charge is 0.478 e. The van der Waals surface area contributed by atoms with Gasteiger partial charge in [0.1, 0.15) is 0 Å². The second-order valence-corrected chi connectivity index (χ2v) is 5.84. The first-order valence-electron chi connectivity index (χ1n) is 7.24. The molecule has 1 atom stereocenters. The molecule has 118 valence electrons. The van der Waals surface area contributed by atoms with Crippen molar-refractivity contribution in [2.24, 2.45) is 0 Å². The number of carbonyl (C=O) groups is 1. The van der Waals surface area contributed by atoms with E-state index in [1.54, 1.807) is 29.5 Å². The molecule has 0 aliphatic rings.